The molecule has 1 heterocycles. The minimum Gasteiger partial charge on any atom is -0.380 e. The molecule has 0 spiro atoms. The summed E-state index contributed by atoms with van der Waals surface area (Å²) in [6.07, 6.45) is 2.02. The van der Waals surface area contributed by atoms with E-state index < -0.39 is 10.0 Å². The van der Waals surface area contributed by atoms with Gasteiger partial charge in [0.15, 0.2) is 0 Å². The number of aryl methyl sites for hydroxylation is 1. The van der Waals surface area contributed by atoms with Crippen molar-refractivity contribution in [2.75, 3.05) is 19.5 Å². The van der Waals surface area contributed by atoms with Gasteiger partial charge in [0, 0.05) is 18.0 Å². The van der Waals surface area contributed by atoms with E-state index in [9.17, 15) is 8.42 Å². The van der Waals surface area contributed by atoms with Crippen LogP contribution < -0.4 is 4.80 Å². The fourth-order valence-electron chi connectivity index (χ4n) is 2.63. The quantitative estimate of drug-likeness (QED) is 0.426. The highest BCUT2D eigenvalue weighted by Crippen LogP contribution is 2.24. The van der Waals surface area contributed by atoms with Crippen LogP contribution >= 0.6 is 23.1 Å². The number of thiazole rings is 1. The zero-order chi connectivity index (χ0) is 19.4. The molecule has 3 rings (SSSR count). The molecule has 0 atom stereocenters. The number of thioether (sulfide) groups is 1. The van der Waals surface area contributed by atoms with Gasteiger partial charge >= 0.3 is 0 Å². The van der Waals surface area contributed by atoms with Crippen molar-refractivity contribution in [1.29, 1.82) is 0 Å². The zero-order valence-electron chi connectivity index (χ0n) is 15.5. The van der Waals surface area contributed by atoms with Crippen molar-refractivity contribution in [1.82, 2.24) is 4.57 Å². The van der Waals surface area contributed by atoms with Gasteiger partial charge in [0.2, 0.25) is 4.80 Å². The van der Waals surface area contributed by atoms with E-state index in [-0.39, 0.29) is 4.90 Å². The van der Waals surface area contributed by atoms with Crippen LogP contribution in [0, 0.1) is 6.92 Å². The van der Waals surface area contributed by atoms with Crippen LogP contribution in [0.2, 0.25) is 0 Å². The van der Waals surface area contributed by atoms with E-state index in [2.05, 4.69) is 10.5 Å². The molecule has 0 fully saturated rings. The van der Waals surface area contributed by atoms with Gasteiger partial charge in [-0.3, -0.25) is 0 Å². The number of hydrogen-bond acceptors (Lipinski definition) is 5. The van der Waals surface area contributed by atoms with E-state index in [4.69, 9.17) is 4.74 Å². The smallest absolute Gasteiger partial charge is 0.285 e. The Bertz CT molecular complexity index is 1100. The monoisotopic (exact) mass is 422 g/mol. The number of rotatable bonds is 7. The maximum absolute atomic E-state index is 12.8. The van der Waals surface area contributed by atoms with E-state index >= 15 is 0 Å². The summed E-state index contributed by atoms with van der Waals surface area (Å²) in [6.45, 7) is 5.53. The molecule has 144 valence electrons. The fraction of sp³-hybridized carbons (Fsp3) is 0.316. The van der Waals surface area contributed by atoms with E-state index in [1.165, 1.54) is 11.3 Å². The van der Waals surface area contributed by atoms with Gasteiger partial charge in [0.1, 0.15) is 0 Å². The molecule has 0 radical (unpaired) electrons. The van der Waals surface area contributed by atoms with Gasteiger partial charge in [0.25, 0.3) is 10.0 Å². The van der Waals surface area contributed by atoms with Crippen molar-refractivity contribution in [2.45, 2.75) is 30.2 Å². The van der Waals surface area contributed by atoms with Crippen LogP contribution in [-0.2, 0) is 21.3 Å². The molecule has 0 saturated heterocycles. The summed E-state index contributed by atoms with van der Waals surface area (Å²) < 4.78 is 38.1. The number of hydrogen-bond donors (Lipinski definition) is 0. The van der Waals surface area contributed by atoms with Gasteiger partial charge in [-0.2, -0.15) is 8.42 Å². The average molecular weight is 423 g/mol. The molecule has 0 unspecified atom stereocenters. The lowest BCUT2D eigenvalue weighted by Gasteiger charge is -2.06. The number of aromatic nitrogens is 1. The van der Waals surface area contributed by atoms with Crippen LogP contribution in [0.15, 0.2) is 56.7 Å². The van der Waals surface area contributed by atoms with Gasteiger partial charge in [-0.15, -0.1) is 16.2 Å². The Morgan fingerprint density at radius 2 is 1.93 bits per heavy atom. The Morgan fingerprint density at radius 1 is 1.19 bits per heavy atom. The fourth-order valence-corrected chi connectivity index (χ4v) is 5.45. The molecule has 0 bridgehead atoms. The summed E-state index contributed by atoms with van der Waals surface area (Å²) >= 11 is 3.04. The molecular formula is C19H22N2O3S3. The summed E-state index contributed by atoms with van der Waals surface area (Å²) in [5, 5.41) is 0. The van der Waals surface area contributed by atoms with Crippen LogP contribution in [0.5, 0.6) is 0 Å². The number of ether oxygens (including phenoxy) is 1. The Balaban J connectivity index is 2.14. The van der Waals surface area contributed by atoms with Gasteiger partial charge < -0.3 is 9.30 Å². The highest BCUT2D eigenvalue weighted by molar-refractivity contribution is 7.98. The highest BCUT2D eigenvalue weighted by atomic mass is 32.2. The molecular weight excluding hydrogens is 400 g/mol. The average Bonchev–Trinajstić information content (AvgIpc) is 2.98. The zero-order valence-corrected chi connectivity index (χ0v) is 18.0. The molecule has 0 aliphatic carbocycles. The molecule has 1 aromatic heterocycles. The third-order valence-electron chi connectivity index (χ3n) is 4.07. The SMILES string of the molecule is CCOCCn1/c(=N/S(=O)(=O)c2ccc(C)cc2)sc2cc(SC)ccc21. The summed E-state index contributed by atoms with van der Waals surface area (Å²) in [6, 6.07) is 12.9. The first-order valence-corrected chi connectivity index (χ1v) is 12.1. The summed E-state index contributed by atoms with van der Waals surface area (Å²) in [4.78, 5) is 1.80. The second-order valence-corrected chi connectivity index (χ2v) is 9.44. The third kappa shape index (κ3) is 4.63. The van der Waals surface area contributed by atoms with Gasteiger partial charge in [0.05, 0.1) is 21.7 Å². The van der Waals surface area contributed by atoms with Crippen molar-refractivity contribution in [3.8, 4) is 0 Å². The van der Waals surface area contributed by atoms with Crippen LogP contribution in [0.3, 0.4) is 0 Å². The molecule has 0 aliphatic heterocycles. The molecule has 0 N–H and O–H groups in total. The standard InChI is InChI=1S/C19H22N2O3S3/c1-4-24-12-11-21-17-10-7-15(25-3)13-18(17)26-19(21)20-27(22,23)16-8-5-14(2)6-9-16/h5-10,13H,4,11-12H2,1-3H3/b20-19-. The Morgan fingerprint density at radius 3 is 2.59 bits per heavy atom. The lowest BCUT2D eigenvalue weighted by atomic mass is 10.2. The lowest BCUT2D eigenvalue weighted by Crippen LogP contribution is -2.19. The normalized spacial score (nSPS) is 12.8. The summed E-state index contributed by atoms with van der Waals surface area (Å²) in [5.41, 5.74) is 1.97. The molecule has 0 amide bonds. The van der Waals surface area contributed by atoms with Crippen LogP contribution in [-0.4, -0.2) is 32.5 Å². The van der Waals surface area contributed by atoms with Crippen LogP contribution in [0.25, 0.3) is 10.2 Å². The molecule has 5 nitrogen and oxygen atoms in total. The van der Waals surface area contributed by atoms with E-state index in [1.54, 1.807) is 36.0 Å². The first-order chi connectivity index (χ1) is 12.9. The van der Waals surface area contributed by atoms with Gasteiger partial charge in [-0.1, -0.05) is 29.0 Å². The first-order valence-electron chi connectivity index (χ1n) is 8.57. The van der Waals surface area contributed by atoms with Crippen molar-refractivity contribution in [3.05, 3.63) is 52.8 Å². The van der Waals surface area contributed by atoms with Gasteiger partial charge in [-0.05, 0) is 50.4 Å². The highest BCUT2D eigenvalue weighted by Gasteiger charge is 2.15. The van der Waals surface area contributed by atoms with Crippen molar-refractivity contribution in [3.63, 3.8) is 0 Å². The predicted octanol–water partition coefficient (Wildman–Crippen LogP) is 4.06. The van der Waals surface area contributed by atoms with E-state index in [1.807, 2.05) is 36.8 Å². The van der Waals surface area contributed by atoms with Gasteiger partial charge in [-0.25, -0.2) is 0 Å². The minimum absolute atomic E-state index is 0.201. The number of benzene rings is 2. The molecule has 3 aromatic rings. The lowest BCUT2D eigenvalue weighted by molar-refractivity contribution is 0.139. The second kappa shape index (κ2) is 8.60. The minimum atomic E-state index is -3.78. The first kappa shape index (κ1) is 20.1. The maximum Gasteiger partial charge on any atom is 0.285 e. The Labute approximate surface area is 167 Å². The topological polar surface area (TPSA) is 60.7 Å². The number of sulfonamides is 1. The van der Waals surface area contributed by atoms with E-state index in [0.29, 0.717) is 24.6 Å². The van der Waals surface area contributed by atoms with Crippen LogP contribution in [0.4, 0.5) is 0 Å². The van der Waals surface area contributed by atoms with Crippen molar-refractivity contribution < 1.29 is 13.2 Å². The predicted molar refractivity (Wildman–Crippen MR) is 112 cm³/mol. The Kier molecular flexibility index (Phi) is 6.41. The number of nitrogens with zero attached hydrogens (tertiary/aromatic N) is 2. The van der Waals surface area contributed by atoms with Crippen molar-refractivity contribution in [2.24, 2.45) is 4.40 Å². The number of fused-ring (bicyclic) bond motifs is 1. The third-order valence-corrected chi connectivity index (χ3v) is 7.23. The van der Waals surface area contributed by atoms with E-state index in [0.717, 1.165) is 20.7 Å². The molecule has 27 heavy (non-hydrogen) atoms. The molecule has 0 aliphatic rings. The molecule has 0 saturated carbocycles. The molecule has 2 aromatic carbocycles. The largest absolute Gasteiger partial charge is 0.380 e. The Hall–Kier alpha value is -1.61. The van der Waals surface area contributed by atoms with Crippen LogP contribution in [0.1, 0.15) is 12.5 Å². The van der Waals surface area contributed by atoms with Crippen molar-refractivity contribution >= 4 is 43.3 Å². The maximum atomic E-state index is 12.8. The molecule has 8 heteroatoms. The summed E-state index contributed by atoms with van der Waals surface area (Å²) in [7, 11) is -3.78. The second-order valence-electron chi connectivity index (χ2n) is 5.95. The summed E-state index contributed by atoms with van der Waals surface area (Å²) in [5.74, 6) is 0.